The molecule has 5 heteroatoms. The SMILES string of the molecule is CCCc1cc(=O)oc2c3c(c4c(c12)OC(C)(C)C=C4)O[C@H](C)[C@@H](C)C3=N. The number of benzene rings is 1. The van der Waals surface area contributed by atoms with Gasteiger partial charge in [-0.2, -0.15) is 0 Å². The van der Waals surface area contributed by atoms with Crippen molar-refractivity contribution in [2.75, 3.05) is 0 Å². The van der Waals surface area contributed by atoms with E-state index in [4.69, 9.17) is 19.3 Å². The van der Waals surface area contributed by atoms with Crippen LogP contribution >= 0.6 is 0 Å². The Hall–Kier alpha value is -2.56. The molecule has 0 unspecified atom stereocenters. The zero-order chi connectivity index (χ0) is 19.5. The van der Waals surface area contributed by atoms with Crippen molar-refractivity contribution < 1.29 is 13.9 Å². The van der Waals surface area contributed by atoms with E-state index in [0.717, 1.165) is 29.4 Å². The summed E-state index contributed by atoms with van der Waals surface area (Å²) in [5, 5.41) is 9.51. The first kappa shape index (κ1) is 17.8. The molecule has 3 heterocycles. The van der Waals surface area contributed by atoms with Crippen molar-refractivity contribution in [2.24, 2.45) is 5.92 Å². The van der Waals surface area contributed by atoms with Crippen molar-refractivity contribution in [3.8, 4) is 11.5 Å². The maximum atomic E-state index is 12.3. The van der Waals surface area contributed by atoms with E-state index < -0.39 is 11.2 Å². The molecule has 0 aliphatic carbocycles. The molecule has 1 N–H and O–H groups in total. The molecular weight excluding hydrogens is 342 g/mol. The van der Waals surface area contributed by atoms with Gasteiger partial charge >= 0.3 is 5.63 Å². The van der Waals surface area contributed by atoms with Crippen LogP contribution in [0.15, 0.2) is 21.4 Å². The minimum absolute atomic E-state index is 0.0937. The summed E-state index contributed by atoms with van der Waals surface area (Å²) in [6, 6.07) is 1.55. The number of rotatable bonds is 2. The van der Waals surface area contributed by atoms with Gasteiger partial charge in [0.05, 0.1) is 22.2 Å². The molecule has 0 amide bonds. The Kier molecular flexibility index (Phi) is 3.95. The van der Waals surface area contributed by atoms with Crippen molar-refractivity contribution in [1.29, 1.82) is 5.41 Å². The lowest BCUT2D eigenvalue weighted by Gasteiger charge is -2.35. The molecule has 142 valence electrons. The zero-order valence-electron chi connectivity index (χ0n) is 16.4. The van der Waals surface area contributed by atoms with Gasteiger partial charge in [-0.3, -0.25) is 0 Å². The molecular formula is C22H25NO4. The van der Waals surface area contributed by atoms with Crippen LogP contribution in [0.4, 0.5) is 0 Å². The van der Waals surface area contributed by atoms with Gasteiger partial charge in [0, 0.05) is 12.0 Å². The Morgan fingerprint density at radius 3 is 2.67 bits per heavy atom. The number of aryl methyl sites for hydroxylation is 1. The first-order valence-corrected chi connectivity index (χ1v) is 9.54. The summed E-state index contributed by atoms with van der Waals surface area (Å²) < 4.78 is 18.2. The smallest absolute Gasteiger partial charge is 0.336 e. The lowest BCUT2D eigenvalue weighted by molar-refractivity contribution is 0.155. The highest BCUT2D eigenvalue weighted by molar-refractivity contribution is 6.15. The largest absolute Gasteiger partial charge is 0.488 e. The maximum absolute atomic E-state index is 12.3. The molecule has 1 aromatic heterocycles. The van der Waals surface area contributed by atoms with Crippen LogP contribution in [0.25, 0.3) is 17.0 Å². The molecule has 2 aromatic rings. The molecule has 2 aliphatic heterocycles. The van der Waals surface area contributed by atoms with E-state index in [9.17, 15) is 4.79 Å². The van der Waals surface area contributed by atoms with Crippen LogP contribution in [0.1, 0.15) is 57.7 Å². The molecule has 0 saturated heterocycles. The average Bonchev–Trinajstić information content (AvgIpc) is 2.58. The number of nitrogens with one attached hydrogen (secondary N) is 1. The van der Waals surface area contributed by atoms with E-state index in [1.54, 1.807) is 6.07 Å². The number of hydrogen-bond donors (Lipinski definition) is 1. The highest BCUT2D eigenvalue weighted by Crippen LogP contribution is 2.49. The Bertz CT molecular complexity index is 1040. The molecule has 2 aliphatic rings. The second-order valence-corrected chi connectivity index (χ2v) is 8.06. The second kappa shape index (κ2) is 5.98. The molecule has 0 fully saturated rings. The highest BCUT2D eigenvalue weighted by atomic mass is 16.5. The predicted octanol–water partition coefficient (Wildman–Crippen LogP) is 4.71. The van der Waals surface area contributed by atoms with E-state index in [1.165, 1.54) is 0 Å². The molecule has 0 bridgehead atoms. The standard InChI is InChI=1S/C22H25NO4/c1-6-7-13-10-15(24)26-21-16(13)20-14(8-9-22(4,5)27-20)19-17(21)18(23)11(2)12(3)25-19/h8-12,23H,6-7H2,1-5H3/t11-,12-/m1/s1. The van der Waals surface area contributed by atoms with Gasteiger partial charge in [0.2, 0.25) is 0 Å². The van der Waals surface area contributed by atoms with Gasteiger partial charge in [-0.15, -0.1) is 0 Å². The normalized spacial score (nSPS) is 22.8. The van der Waals surface area contributed by atoms with Crippen molar-refractivity contribution in [3.63, 3.8) is 0 Å². The number of hydrogen-bond acceptors (Lipinski definition) is 5. The van der Waals surface area contributed by atoms with Crippen molar-refractivity contribution in [3.05, 3.63) is 39.3 Å². The molecule has 27 heavy (non-hydrogen) atoms. The van der Waals surface area contributed by atoms with Crippen LogP contribution < -0.4 is 15.1 Å². The summed E-state index contributed by atoms with van der Waals surface area (Å²) in [7, 11) is 0. The summed E-state index contributed by atoms with van der Waals surface area (Å²) in [5.41, 5.74) is 2.27. The topological polar surface area (TPSA) is 72.5 Å². The minimum Gasteiger partial charge on any atom is -0.488 e. The Morgan fingerprint density at radius 1 is 1.22 bits per heavy atom. The van der Waals surface area contributed by atoms with Crippen molar-refractivity contribution in [2.45, 2.75) is 59.2 Å². The van der Waals surface area contributed by atoms with E-state index in [1.807, 2.05) is 39.8 Å². The average molecular weight is 367 g/mol. The summed E-state index contributed by atoms with van der Waals surface area (Å²) >= 11 is 0. The molecule has 0 spiro atoms. The van der Waals surface area contributed by atoms with Crippen molar-refractivity contribution in [1.82, 2.24) is 0 Å². The molecule has 0 saturated carbocycles. The van der Waals surface area contributed by atoms with Crippen LogP contribution in [-0.4, -0.2) is 17.4 Å². The molecule has 0 radical (unpaired) electrons. The van der Waals surface area contributed by atoms with Crippen LogP contribution in [0.3, 0.4) is 0 Å². The van der Waals surface area contributed by atoms with Gasteiger partial charge in [-0.05, 0) is 44.9 Å². The number of fused-ring (bicyclic) bond motifs is 6. The first-order valence-electron chi connectivity index (χ1n) is 9.54. The second-order valence-electron chi connectivity index (χ2n) is 8.06. The van der Waals surface area contributed by atoms with E-state index in [2.05, 4.69) is 6.92 Å². The van der Waals surface area contributed by atoms with Crippen LogP contribution in [0.5, 0.6) is 11.5 Å². The fraction of sp³-hybridized carbons (Fsp3) is 0.455. The third-order valence-electron chi connectivity index (χ3n) is 5.48. The monoisotopic (exact) mass is 367 g/mol. The summed E-state index contributed by atoms with van der Waals surface area (Å²) in [6.45, 7) is 9.98. The van der Waals surface area contributed by atoms with Crippen LogP contribution in [0.2, 0.25) is 0 Å². The first-order chi connectivity index (χ1) is 12.7. The predicted molar refractivity (Wildman–Crippen MR) is 106 cm³/mol. The Morgan fingerprint density at radius 2 is 1.96 bits per heavy atom. The molecule has 4 rings (SSSR count). The highest BCUT2D eigenvalue weighted by Gasteiger charge is 2.37. The Balaban J connectivity index is 2.18. The lowest BCUT2D eigenvalue weighted by Crippen LogP contribution is -2.35. The quantitative estimate of drug-likeness (QED) is 0.780. The fourth-order valence-electron chi connectivity index (χ4n) is 3.86. The van der Waals surface area contributed by atoms with Gasteiger partial charge in [0.25, 0.3) is 0 Å². The van der Waals surface area contributed by atoms with E-state index in [0.29, 0.717) is 28.4 Å². The third kappa shape index (κ3) is 2.68. The van der Waals surface area contributed by atoms with Crippen molar-refractivity contribution >= 4 is 22.8 Å². The molecule has 2 atom stereocenters. The van der Waals surface area contributed by atoms with Gasteiger partial charge in [0.1, 0.15) is 23.2 Å². The van der Waals surface area contributed by atoms with Crippen LogP contribution in [0, 0.1) is 11.3 Å². The lowest BCUT2D eigenvalue weighted by atomic mass is 9.85. The fourth-order valence-corrected chi connectivity index (χ4v) is 3.86. The molecule has 5 nitrogen and oxygen atoms in total. The van der Waals surface area contributed by atoms with E-state index in [-0.39, 0.29) is 12.0 Å². The minimum atomic E-state index is -0.477. The van der Waals surface area contributed by atoms with Gasteiger partial charge in [-0.1, -0.05) is 20.3 Å². The van der Waals surface area contributed by atoms with Gasteiger partial charge in [0.15, 0.2) is 5.58 Å². The van der Waals surface area contributed by atoms with E-state index >= 15 is 0 Å². The van der Waals surface area contributed by atoms with Gasteiger partial charge < -0.3 is 19.3 Å². The van der Waals surface area contributed by atoms with Crippen LogP contribution in [-0.2, 0) is 6.42 Å². The third-order valence-corrected chi connectivity index (χ3v) is 5.48. The Labute approximate surface area is 158 Å². The zero-order valence-corrected chi connectivity index (χ0v) is 16.4. The number of ether oxygens (including phenoxy) is 2. The maximum Gasteiger partial charge on any atom is 0.336 e. The molecule has 1 aromatic carbocycles. The summed E-state index contributed by atoms with van der Waals surface area (Å²) in [6.07, 6.45) is 5.50. The summed E-state index contributed by atoms with van der Waals surface area (Å²) in [5.74, 6) is 1.17. The van der Waals surface area contributed by atoms with Gasteiger partial charge in [-0.25, -0.2) is 4.79 Å². The summed E-state index contributed by atoms with van der Waals surface area (Å²) in [4.78, 5) is 12.3.